The zero-order chi connectivity index (χ0) is 15.2. The SMILES string of the molecule is CCCn1cc(C(NCC)c2ccc(OC)cc2F)cn1. The summed E-state index contributed by atoms with van der Waals surface area (Å²) < 4.78 is 21.2. The minimum Gasteiger partial charge on any atom is -0.497 e. The molecule has 0 bridgehead atoms. The summed E-state index contributed by atoms with van der Waals surface area (Å²) in [6.45, 7) is 5.72. The quantitative estimate of drug-likeness (QED) is 0.852. The first-order valence-electron chi connectivity index (χ1n) is 7.28. The summed E-state index contributed by atoms with van der Waals surface area (Å²) in [7, 11) is 1.53. The lowest BCUT2D eigenvalue weighted by Crippen LogP contribution is -2.22. The van der Waals surface area contributed by atoms with Gasteiger partial charge in [0.1, 0.15) is 11.6 Å². The van der Waals surface area contributed by atoms with Crippen molar-refractivity contribution in [2.45, 2.75) is 32.9 Å². The molecule has 114 valence electrons. The summed E-state index contributed by atoms with van der Waals surface area (Å²) >= 11 is 0. The van der Waals surface area contributed by atoms with Crippen LogP contribution in [0, 0.1) is 5.82 Å². The molecule has 1 heterocycles. The van der Waals surface area contributed by atoms with Crippen LogP contribution in [0.4, 0.5) is 4.39 Å². The highest BCUT2D eigenvalue weighted by atomic mass is 19.1. The summed E-state index contributed by atoms with van der Waals surface area (Å²) in [6, 6.07) is 4.75. The predicted molar refractivity (Wildman–Crippen MR) is 81.0 cm³/mol. The lowest BCUT2D eigenvalue weighted by Gasteiger charge is -2.18. The van der Waals surface area contributed by atoms with Crippen molar-refractivity contribution in [3.05, 3.63) is 47.5 Å². The Labute approximate surface area is 124 Å². The molecule has 0 fully saturated rings. The highest BCUT2D eigenvalue weighted by molar-refractivity contribution is 5.35. The maximum Gasteiger partial charge on any atom is 0.132 e. The van der Waals surface area contributed by atoms with Crippen LogP contribution in [0.3, 0.4) is 0 Å². The smallest absolute Gasteiger partial charge is 0.132 e. The monoisotopic (exact) mass is 291 g/mol. The van der Waals surface area contributed by atoms with E-state index in [1.807, 2.05) is 17.8 Å². The third-order valence-corrected chi connectivity index (χ3v) is 3.37. The molecule has 0 saturated heterocycles. The normalized spacial score (nSPS) is 12.4. The van der Waals surface area contributed by atoms with Crippen molar-refractivity contribution in [3.8, 4) is 5.75 Å². The number of nitrogens with one attached hydrogen (secondary N) is 1. The van der Waals surface area contributed by atoms with E-state index in [0.29, 0.717) is 11.3 Å². The molecule has 21 heavy (non-hydrogen) atoms. The number of hydrogen-bond acceptors (Lipinski definition) is 3. The largest absolute Gasteiger partial charge is 0.497 e. The average Bonchev–Trinajstić information content (AvgIpc) is 2.94. The van der Waals surface area contributed by atoms with Crippen LogP contribution >= 0.6 is 0 Å². The number of aryl methyl sites for hydroxylation is 1. The molecule has 0 amide bonds. The van der Waals surface area contributed by atoms with Crippen molar-refractivity contribution in [3.63, 3.8) is 0 Å². The highest BCUT2D eigenvalue weighted by Crippen LogP contribution is 2.27. The Morgan fingerprint density at radius 3 is 2.81 bits per heavy atom. The minimum atomic E-state index is -0.274. The predicted octanol–water partition coefficient (Wildman–Crippen LogP) is 3.14. The first-order valence-corrected chi connectivity index (χ1v) is 7.28. The van der Waals surface area contributed by atoms with Gasteiger partial charge < -0.3 is 10.1 Å². The summed E-state index contributed by atoms with van der Waals surface area (Å²) in [5, 5.41) is 7.64. The van der Waals surface area contributed by atoms with E-state index in [1.54, 1.807) is 18.3 Å². The number of nitrogens with zero attached hydrogens (tertiary/aromatic N) is 2. The van der Waals surface area contributed by atoms with Gasteiger partial charge in [-0.3, -0.25) is 4.68 Å². The molecule has 1 N–H and O–H groups in total. The zero-order valence-electron chi connectivity index (χ0n) is 12.8. The molecule has 0 radical (unpaired) electrons. The van der Waals surface area contributed by atoms with Gasteiger partial charge in [0.2, 0.25) is 0 Å². The van der Waals surface area contributed by atoms with Gasteiger partial charge in [0, 0.05) is 29.9 Å². The molecule has 5 heteroatoms. The van der Waals surface area contributed by atoms with Gasteiger partial charge in [0.15, 0.2) is 0 Å². The summed E-state index contributed by atoms with van der Waals surface area (Å²) in [6.07, 6.45) is 4.79. The van der Waals surface area contributed by atoms with Crippen LogP contribution in [0.2, 0.25) is 0 Å². The van der Waals surface area contributed by atoms with E-state index in [0.717, 1.165) is 25.1 Å². The number of hydrogen-bond donors (Lipinski definition) is 1. The van der Waals surface area contributed by atoms with Crippen molar-refractivity contribution in [1.82, 2.24) is 15.1 Å². The maximum absolute atomic E-state index is 14.3. The van der Waals surface area contributed by atoms with E-state index in [1.165, 1.54) is 13.2 Å². The molecule has 1 unspecified atom stereocenters. The highest BCUT2D eigenvalue weighted by Gasteiger charge is 2.19. The van der Waals surface area contributed by atoms with Crippen LogP contribution in [0.1, 0.15) is 37.4 Å². The van der Waals surface area contributed by atoms with E-state index < -0.39 is 0 Å². The van der Waals surface area contributed by atoms with Gasteiger partial charge in [-0.1, -0.05) is 19.9 Å². The van der Waals surface area contributed by atoms with Crippen LogP contribution in [0.5, 0.6) is 5.75 Å². The van der Waals surface area contributed by atoms with Gasteiger partial charge in [-0.2, -0.15) is 5.10 Å². The van der Waals surface area contributed by atoms with Crippen molar-refractivity contribution >= 4 is 0 Å². The van der Waals surface area contributed by atoms with Crippen LogP contribution < -0.4 is 10.1 Å². The lowest BCUT2D eigenvalue weighted by molar-refractivity contribution is 0.410. The fraction of sp³-hybridized carbons (Fsp3) is 0.438. The average molecular weight is 291 g/mol. The van der Waals surface area contributed by atoms with E-state index in [9.17, 15) is 4.39 Å². The molecule has 2 aromatic rings. The molecule has 0 saturated carbocycles. The van der Waals surface area contributed by atoms with Crippen LogP contribution in [0.25, 0.3) is 0 Å². The minimum absolute atomic E-state index is 0.202. The second kappa shape index (κ2) is 7.22. The third kappa shape index (κ3) is 3.61. The van der Waals surface area contributed by atoms with Gasteiger partial charge in [-0.15, -0.1) is 0 Å². The molecule has 0 aliphatic heterocycles. The standard InChI is InChI=1S/C16H22FN3O/c1-4-8-20-11-12(10-19-20)16(18-5-2)14-7-6-13(21-3)9-15(14)17/h6-7,9-11,16,18H,4-5,8H2,1-3H3. The van der Waals surface area contributed by atoms with Gasteiger partial charge in [-0.25, -0.2) is 4.39 Å². The molecule has 1 aromatic carbocycles. The molecule has 1 aromatic heterocycles. The van der Waals surface area contributed by atoms with Gasteiger partial charge in [-0.05, 0) is 19.0 Å². The van der Waals surface area contributed by atoms with Gasteiger partial charge >= 0.3 is 0 Å². The lowest BCUT2D eigenvalue weighted by atomic mass is 10.0. The maximum atomic E-state index is 14.3. The Bertz CT molecular complexity index is 583. The molecule has 1 atom stereocenters. The van der Waals surface area contributed by atoms with E-state index in [-0.39, 0.29) is 11.9 Å². The van der Waals surface area contributed by atoms with E-state index in [2.05, 4.69) is 17.3 Å². The fourth-order valence-corrected chi connectivity index (χ4v) is 2.36. The number of aromatic nitrogens is 2. The Balaban J connectivity index is 2.33. The molecule has 4 nitrogen and oxygen atoms in total. The molecular formula is C16H22FN3O. The number of benzene rings is 1. The van der Waals surface area contributed by atoms with Gasteiger partial charge in [0.05, 0.1) is 19.3 Å². The first kappa shape index (κ1) is 15.5. The van der Waals surface area contributed by atoms with Crippen molar-refractivity contribution in [2.75, 3.05) is 13.7 Å². The molecule has 0 spiro atoms. The van der Waals surface area contributed by atoms with Crippen molar-refractivity contribution < 1.29 is 9.13 Å². The Morgan fingerprint density at radius 2 is 2.19 bits per heavy atom. The Morgan fingerprint density at radius 1 is 1.38 bits per heavy atom. The number of rotatable bonds is 7. The van der Waals surface area contributed by atoms with Crippen molar-refractivity contribution in [1.29, 1.82) is 0 Å². The van der Waals surface area contributed by atoms with Crippen LogP contribution in [-0.4, -0.2) is 23.4 Å². The van der Waals surface area contributed by atoms with E-state index >= 15 is 0 Å². The topological polar surface area (TPSA) is 39.1 Å². The fourth-order valence-electron chi connectivity index (χ4n) is 2.36. The number of ether oxygens (including phenoxy) is 1. The molecule has 0 aliphatic carbocycles. The molecule has 2 rings (SSSR count). The summed E-state index contributed by atoms with van der Waals surface area (Å²) in [4.78, 5) is 0. The molecule has 0 aliphatic rings. The Kier molecular flexibility index (Phi) is 5.33. The van der Waals surface area contributed by atoms with Crippen LogP contribution in [0.15, 0.2) is 30.6 Å². The third-order valence-electron chi connectivity index (χ3n) is 3.37. The number of halogens is 1. The molecular weight excluding hydrogens is 269 g/mol. The van der Waals surface area contributed by atoms with Gasteiger partial charge in [0.25, 0.3) is 0 Å². The Hall–Kier alpha value is -1.88. The second-order valence-corrected chi connectivity index (χ2v) is 4.91. The second-order valence-electron chi connectivity index (χ2n) is 4.91. The van der Waals surface area contributed by atoms with Crippen LogP contribution in [-0.2, 0) is 6.54 Å². The van der Waals surface area contributed by atoms with E-state index in [4.69, 9.17) is 4.74 Å². The zero-order valence-corrected chi connectivity index (χ0v) is 12.8. The number of methoxy groups -OCH3 is 1. The summed E-state index contributed by atoms with van der Waals surface area (Å²) in [5.41, 5.74) is 1.57. The first-order chi connectivity index (χ1) is 10.2. The summed E-state index contributed by atoms with van der Waals surface area (Å²) in [5.74, 6) is 0.247. The van der Waals surface area contributed by atoms with Crippen molar-refractivity contribution in [2.24, 2.45) is 0 Å².